The van der Waals surface area contributed by atoms with Crippen LogP contribution in [0.5, 0.6) is 23.1 Å². The summed E-state index contributed by atoms with van der Waals surface area (Å²) < 4.78 is 19.5. The molecule has 0 aliphatic carbocycles. The van der Waals surface area contributed by atoms with Crippen LogP contribution in [-0.4, -0.2) is 26.7 Å². The Labute approximate surface area is 212 Å². The van der Waals surface area contributed by atoms with Gasteiger partial charge in [0.05, 0.1) is 12.7 Å². The molecule has 2 aromatic heterocycles. The van der Waals surface area contributed by atoms with Crippen molar-refractivity contribution in [1.29, 1.82) is 0 Å². The van der Waals surface area contributed by atoms with E-state index in [0.717, 1.165) is 33.2 Å². The maximum atomic E-state index is 6.37. The molecule has 3 heterocycles. The van der Waals surface area contributed by atoms with Crippen LogP contribution in [0.1, 0.15) is 28.4 Å². The molecule has 1 aliphatic rings. The number of hydrogen-bond acceptors (Lipinski definition) is 6. The largest absolute Gasteiger partial charge is 0.493 e. The Morgan fingerprint density at radius 3 is 2.49 bits per heavy atom. The van der Waals surface area contributed by atoms with Gasteiger partial charge in [-0.05, 0) is 34.5 Å². The van der Waals surface area contributed by atoms with E-state index in [0.29, 0.717) is 28.9 Å². The minimum Gasteiger partial charge on any atom is -0.493 e. The van der Waals surface area contributed by atoms with Gasteiger partial charge in [-0.2, -0.15) is 0 Å². The Kier molecular flexibility index (Phi) is 4.99. The van der Waals surface area contributed by atoms with E-state index in [1.165, 1.54) is 0 Å². The van der Waals surface area contributed by atoms with Crippen molar-refractivity contribution in [2.24, 2.45) is 0 Å². The predicted molar refractivity (Wildman–Crippen MR) is 140 cm³/mol. The molecule has 7 rings (SSSR count). The first-order valence-corrected chi connectivity index (χ1v) is 12.0. The first-order valence-electron chi connectivity index (χ1n) is 12.0. The molecular formula is C30H22N4O3. The molecule has 0 N–H and O–H groups in total. The number of rotatable bonds is 5. The third-order valence-electron chi connectivity index (χ3n) is 6.70. The number of methoxy groups -OCH3 is 1. The van der Waals surface area contributed by atoms with Crippen LogP contribution in [0.2, 0.25) is 0 Å². The van der Waals surface area contributed by atoms with E-state index in [-0.39, 0.29) is 12.5 Å². The Hall–Kier alpha value is -4.91. The molecule has 6 aromatic rings. The molecule has 1 unspecified atom stereocenters. The smallest absolute Gasteiger partial charge is 0.228 e. The van der Waals surface area contributed by atoms with E-state index in [1.807, 2.05) is 36.4 Å². The lowest BCUT2D eigenvalue weighted by Gasteiger charge is -2.29. The molecule has 0 saturated carbocycles. The lowest BCUT2D eigenvalue weighted by Crippen LogP contribution is -2.15. The monoisotopic (exact) mass is 486 g/mol. The second kappa shape index (κ2) is 8.64. The third kappa shape index (κ3) is 3.55. The van der Waals surface area contributed by atoms with E-state index in [9.17, 15) is 0 Å². The van der Waals surface area contributed by atoms with Gasteiger partial charge < -0.3 is 14.2 Å². The molecule has 37 heavy (non-hydrogen) atoms. The van der Waals surface area contributed by atoms with Crippen LogP contribution < -0.4 is 14.2 Å². The summed E-state index contributed by atoms with van der Waals surface area (Å²) in [6.45, 7) is 0.188. The highest BCUT2D eigenvalue weighted by atomic mass is 16.5. The molecule has 0 spiro atoms. The lowest BCUT2D eigenvalue weighted by molar-refractivity contribution is 0.276. The summed E-state index contributed by atoms with van der Waals surface area (Å²) >= 11 is 0. The molecule has 0 saturated heterocycles. The second-order valence-corrected chi connectivity index (χ2v) is 8.84. The van der Waals surface area contributed by atoms with Gasteiger partial charge >= 0.3 is 0 Å². The van der Waals surface area contributed by atoms with Crippen LogP contribution in [0, 0.1) is 0 Å². The Morgan fingerprint density at radius 2 is 1.62 bits per heavy atom. The fraction of sp³-hybridized carbons (Fsp3) is 0.100. The van der Waals surface area contributed by atoms with E-state index in [2.05, 4.69) is 64.7 Å². The van der Waals surface area contributed by atoms with Crippen molar-refractivity contribution in [3.05, 3.63) is 120 Å². The Bertz CT molecular complexity index is 1760. The summed E-state index contributed by atoms with van der Waals surface area (Å²) in [5, 5.41) is 6.95. The zero-order chi connectivity index (χ0) is 24.8. The molecule has 7 nitrogen and oxygen atoms in total. The lowest BCUT2D eigenvalue weighted by atomic mass is 9.81. The zero-order valence-electron chi connectivity index (χ0n) is 20.0. The first-order chi connectivity index (χ1) is 18.3. The molecule has 180 valence electrons. The van der Waals surface area contributed by atoms with E-state index in [4.69, 9.17) is 19.2 Å². The average molecular weight is 487 g/mol. The van der Waals surface area contributed by atoms with Crippen molar-refractivity contribution in [2.45, 2.75) is 12.5 Å². The highest BCUT2D eigenvalue weighted by molar-refractivity contribution is 5.90. The topological polar surface area (TPSA) is 70.8 Å². The number of nitrogens with zero attached hydrogens (tertiary/aromatic N) is 4. The number of para-hydroxylation sites is 2. The maximum absolute atomic E-state index is 6.37. The van der Waals surface area contributed by atoms with Crippen molar-refractivity contribution in [3.63, 3.8) is 0 Å². The molecule has 0 radical (unpaired) electrons. The minimum atomic E-state index is -0.130. The van der Waals surface area contributed by atoms with Crippen LogP contribution in [0.4, 0.5) is 0 Å². The summed E-state index contributed by atoms with van der Waals surface area (Å²) in [5.74, 6) is 3.04. The molecule has 7 heteroatoms. The maximum Gasteiger partial charge on any atom is 0.228 e. The van der Waals surface area contributed by atoms with Gasteiger partial charge in [0.1, 0.15) is 18.7 Å². The molecule has 4 aromatic carbocycles. The van der Waals surface area contributed by atoms with E-state index < -0.39 is 0 Å². The Morgan fingerprint density at radius 1 is 0.838 bits per heavy atom. The number of fused-ring (bicyclic) bond motifs is 6. The van der Waals surface area contributed by atoms with Crippen molar-refractivity contribution < 1.29 is 14.2 Å². The zero-order valence-corrected chi connectivity index (χ0v) is 20.0. The third-order valence-corrected chi connectivity index (χ3v) is 6.70. The van der Waals surface area contributed by atoms with Crippen LogP contribution in [-0.2, 0) is 6.61 Å². The normalized spacial score (nSPS) is 14.1. The number of benzene rings is 4. The van der Waals surface area contributed by atoms with Crippen LogP contribution in [0.15, 0.2) is 97.3 Å². The fourth-order valence-corrected chi connectivity index (χ4v) is 5.07. The van der Waals surface area contributed by atoms with Gasteiger partial charge in [0.25, 0.3) is 0 Å². The summed E-state index contributed by atoms with van der Waals surface area (Å²) in [6.07, 6.45) is 1.64. The summed E-state index contributed by atoms with van der Waals surface area (Å²) in [7, 11) is 1.62. The quantitative estimate of drug-likeness (QED) is 0.291. The van der Waals surface area contributed by atoms with Crippen molar-refractivity contribution >= 4 is 16.4 Å². The summed E-state index contributed by atoms with van der Waals surface area (Å²) in [4.78, 5) is 9.53. The van der Waals surface area contributed by atoms with Gasteiger partial charge in [0.2, 0.25) is 5.88 Å². The van der Waals surface area contributed by atoms with Gasteiger partial charge in [-0.3, -0.25) is 0 Å². The average Bonchev–Trinajstić information content (AvgIpc) is 3.39. The van der Waals surface area contributed by atoms with E-state index in [1.54, 1.807) is 18.0 Å². The molecule has 1 aliphatic heterocycles. The highest BCUT2D eigenvalue weighted by Crippen LogP contribution is 2.50. The van der Waals surface area contributed by atoms with Gasteiger partial charge in [-0.15, -0.1) is 5.10 Å². The van der Waals surface area contributed by atoms with E-state index >= 15 is 0 Å². The molecule has 0 bridgehead atoms. The van der Waals surface area contributed by atoms with Crippen LogP contribution in [0.25, 0.3) is 16.4 Å². The summed E-state index contributed by atoms with van der Waals surface area (Å²) in [6, 6.07) is 30.4. The van der Waals surface area contributed by atoms with Crippen LogP contribution in [0.3, 0.4) is 0 Å². The van der Waals surface area contributed by atoms with Crippen molar-refractivity contribution in [2.75, 3.05) is 7.11 Å². The van der Waals surface area contributed by atoms with Gasteiger partial charge in [-0.25, -0.2) is 14.5 Å². The van der Waals surface area contributed by atoms with Crippen molar-refractivity contribution in [1.82, 2.24) is 19.6 Å². The molecular weight excluding hydrogens is 464 g/mol. The first kappa shape index (κ1) is 21.4. The standard InChI is InChI=1S/C30H22N4O3/c1-35-22-13-7-8-14-23(22)36-17-25-32-29-28-26(20-10-3-2-4-11-20)27-21-12-6-5-9-19(21)15-16-24(27)37-30(28)31-18-34(29)33-25/h2-16,18,26H,17H2,1H3. The van der Waals surface area contributed by atoms with Crippen LogP contribution >= 0.6 is 0 Å². The van der Waals surface area contributed by atoms with Gasteiger partial charge in [-0.1, -0.05) is 72.8 Å². The molecule has 0 amide bonds. The molecule has 0 fully saturated rings. The Balaban J connectivity index is 1.38. The van der Waals surface area contributed by atoms with Crippen molar-refractivity contribution in [3.8, 4) is 23.1 Å². The fourth-order valence-electron chi connectivity index (χ4n) is 5.07. The summed E-state index contributed by atoms with van der Waals surface area (Å²) in [5.41, 5.74) is 3.81. The van der Waals surface area contributed by atoms with Gasteiger partial charge in [0, 0.05) is 11.5 Å². The highest BCUT2D eigenvalue weighted by Gasteiger charge is 2.34. The SMILES string of the molecule is COc1ccccc1OCc1nc2c3c(ncn2n1)Oc1ccc2ccccc2c1C3c1ccccc1. The second-order valence-electron chi connectivity index (χ2n) is 8.84. The number of hydrogen-bond donors (Lipinski definition) is 0. The number of aromatic nitrogens is 4. The predicted octanol–water partition coefficient (Wildman–Crippen LogP) is 6.15. The molecule has 1 atom stereocenters. The number of ether oxygens (including phenoxy) is 3. The van der Waals surface area contributed by atoms with Gasteiger partial charge in [0.15, 0.2) is 23.0 Å². The minimum absolute atomic E-state index is 0.130.